The van der Waals surface area contributed by atoms with Crippen molar-refractivity contribution in [2.75, 3.05) is 13.1 Å². The number of piperidine rings is 1. The van der Waals surface area contributed by atoms with Crippen LogP contribution >= 0.6 is 0 Å². The zero-order chi connectivity index (χ0) is 13.7. The highest BCUT2D eigenvalue weighted by molar-refractivity contribution is 5.78. The summed E-state index contributed by atoms with van der Waals surface area (Å²) in [6, 6.07) is 6.77. The van der Waals surface area contributed by atoms with Crippen LogP contribution in [0.2, 0.25) is 0 Å². The van der Waals surface area contributed by atoms with Crippen molar-refractivity contribution in [3.63, 3.8) is 0 Å². The molecule has 0 atom stereocenters. The van der Waals surface area contributed by atoms with Crippen molar-refractivity contribution in [1.82, 2.24) is 15.2 Å². The van der Waals surface area contributed by atoms with E-state index >= 15 is 0 Å². The van der Waals surface area contributed by atoms with Crippen LogP contribution in [0.1, 0.15) is 32.4 Å². The molecule has 104 valence electrons. The molecule has 1 amide bonds. The zero-order valence-electron chi connectivity index (χ0n) is 11.8. The van der Waals surface area contributed by atoms with Crippen molar-refractivity contribution in [3.8, 4) is 0 Å². The fourth-order valence-electron chi connectivity index (χ4n) is 2.54. The van der Waals surface area contributed by atoms with Gasteiger partial charge in [-0.1, -0.05) is 19.9 Å². The molecule has 1 fully saturated rings. The molecule has 1 aliphatic heterocycles. The van der Waals surface area contributed by atoms with Crippen LogP contribution in [0.4, 0.5) is 0 Å². The Labute approximate surface area is 115 Å². The number of nitrogens with one attached hydrogen (secondary N) is 1. The van der Waals surface area contributed by atoms with E-state index in [0.717, 1.165) is 31.6 Å². The lowest BCUT2D eigenvalue weighted by Gasteiger charge is -2.33. The lowest BCUT2D eigenvalue weighted by molar-refractivity contribution is -0.131. The summed E-state index contributed by atoms with van der Waals surface area (Å²) in [5.41, 5.74) is 0.856. The summed E-state index contributed by atoms with van der Waals surface area (Å²) in [6.07, 6.45) is 4.25. The number of hydrogen-bond acceptors (Lipinski definition) is 3. The zero-order valence-corrected chi connectivity index (χ0v) is 11.8. The van der Waals surface area contributed by atoms with E-state index in [4.69, 9.17) is 0 Å². The van der Waals surface area contributed by atoms with Gasteiger partial charge in [-0.2, -0.15) is 0 Å². The Hall–Kier alpha value is -1.42. The van der Waals surface area contributed by atoms with Crippen molar-refractivity contribution in [1.29, 1.82) is 0 Å². The molecular weight excluding hydrogens is 238 g/mol. The van der Waals surface area contributed by atoms with E-state index in [1.54, 1.807) is 6.20 Å². The van der Waals surface area contributed by atoms with Gasteiger partial charge in [0, 0.05) is 37.1 Å². The van der Waals surface area contributed by atoms with Crippen LogP contribution in [0.15, 0.2) is 24.4 Å². The second-order valence-electron chi connectivity index (χ2n) is 5.47. The number of likely N-dealkylation sites (tertiary alicyclic amines) is 1. The van der Waals surface area contributed by atoms with Gasteiger partial charge in [0.25, 0.3) is 0 Å². The van der Waals surface area contributed by atoms with Gasteiger partial charge in [0.1, 0.15) is 0 Å². The van der Waals surface area contributed by atoms with Gasteiger partial charge >= 0.3 is 0 Å². The molecule has 0 unspecified atom stereocenters. The van der Waals surface area contributed by atoms with Gasteiger partial charge in [-0.05, 0) is 25.0 Å². The van der Waals surface area contributed by atoms with Gasteiger partial charge in [-0.3, -0.25) is 9.78 Å². The van der Waals surface area contributed by atoms with Gasteiger partial charge in [0.2, 0.25) is 5.91 Å². The second kappa shape index (κ2) is 6.66. The number of pyridine rings is 1. The minimum atomic E-state index is 0.196. The standard InChI is InChI=1S/C15H23N3O/c1-12(2)17-13-6-9-18(10-7-13)15(19)11-14-5-3-4-8-16-14/h3-5,8,12-13,17H,6-7,9-11H2,1-2H3. The molecule has 1 aliphatic rings. The molecule has 0 aromatic carbocycles. The molecule has 0 bridgehead atoms. The van der Waals surface area contributed by atoms with Gasteiger partial charge in [0.15, 0.2) is 0 Å². The number of carbonyl (C=O) groups is 1. The maximum atomic E-state index is 12.2. The van der Waals surface area contributed by atoms with Crippen LogP contribution in [0.25, 0.3) is 0 Å². The largest absolute Gasteiger partial charge is 0.342 e. The Morgan fingerprint density at radius 1 is 1.42 bits per heavy atom. The Balaban J connectivity index is 1.79. The average molecular weight is 261 g/mol. The number of amides is 1. The Kier molecular flexibility index (Phi) is 4.91. The minimum absolute atomic E-state index is 0.196. The molecule has 4 heteroatoms. The van der Waals surface area contributed by atoms with Gasteiger partial charge in [-0.15, -0.1) is 0 Å². The summed E-state index contributed by atoms with van der Waals surface area (Å²) in [5, 5.41) is 3.54. The van der Waals surface area contributed by atoms with Gasteiger partial charge in [0.05, 0.1) is 6.42 Å². The quantitative estimate of drug-likeness (QED) is 0.895. The fourth-order valence-corrected chi connectivity index (χ4v) is 2.54. The lowest BCUT2D eigenvalue weighted by Crippen LogP contribution is -2.47. The van der Waals surface area contributed by atoms with Crippen LogP contribution in [-0.4, -0.2) is 41.0 Å². The summed E-state index contributed by atoms with van der Waals surface area (Å²) in [6.45, 7) is 6.04. The van der Waals surface area contributed by atoms with Gasteiger partial charge in [-0.25, -0.2) is 0 Å². The number of nitrogens with zero attached hydrogens (tertiary/aromatic N) is 2. The number of hydrogen-bond donors (Lipinski definition) is 1. The predicted octanol–water partition coefficient (Wildman–Crippen LogP) is 1.61. The topological polar surface area (TPSA) is 45.2 Å². The molecule has 2 rings (SSSR count). The summed E-state index contributed by atoms with van der Waals surface area (Å²) in [4.78, 5) is 18.3. The monoisotopic (exact) mass is 261 g/mol. The summed E-state index contributed by atoms with van der Waals surface area (Å²) in [5.74, 6) is 0.196. The Bertz CT molecular complexity index is 397. The SMILES string of the molecule is CC(C)NC1CCN(C(=O)Cc2ccccn2)CC1. The Morgan fingerprint density at radius 3 is 2.74 bits per heavy atom. The number of aromatic nitrogens is 1. The van der Waals surface area contributed by atoms with E-state index in [2.05, 4.69) is 24.1 Å². The van der Waals surface area contributed by atoms with Crippen LogP contribution in [0.3, 0.4) is 0 Å². The molecular formula is C15H23N3O. The molecule has 4 nitrogen and oxygen atoms in total. The third-order valence-corrected chi connectivity index (χ3v) is 3.48. The first-order valence-corrected chi connectivity index (χ1v) is 7.09. The molecule has 1 aromatic heterocycles. The van der Waals surface area contributed by atoms with Crippen molar-refractivity contribution in [2.24, 2.45) is 0 Å². The highest BCUT2D eigenvalue weighted by atomic mass is 16.2. The smallest absolute Gasteiger partial charge is 0.228 e. The summed E-state index contributed by atoms with van der Waals surface area (Å²) in [7, 11) is 0. The molecule has 0 spiro atoms. The first-order valence-electron chi connectivity index (χ1n) is 7.09. The van der Waals surface area contributed by atoms with Crippen molar-refractivity contribution >= 4 is 5.91 Å². The molecule has 19 heavy (non-hydrogen) atoms. The first kappa shape index (κ1) is 14.0. The van der Waals surface area contributed by atoms with E-state index in [0.29, 0.717) is 18.5 Å². The van der Waals surface area contributed by atoms with Crippen molar-refractivity contribution in [2.45, 2.75) is 45.2 Å². The second-order valence-corrected chi connectivity index (χ2v) is 5.47. The lowest BCUT2D eigenvalue weighted by atomic mass is 10.0. The van der Waals surface area contributed by atoms with Crippen molar-refractivity contribution < 1.29 is 4.79 Å². The van der Waals surface area contributed by atoms with Crippen LogP contribution < -0.4 is 5.32 Å². The molecule has 0 saturated carbocycles. The molecule has 0 aliphatic carbocycles. The maximum absolute atomic E-state index is 12.2. The van der Waals surface area contributed by atoms with Crippen LogP contribution in [-0.2, 0) is 11.2 Å². The normalized spacial score (nSPS) is 16.9. The molecule has 1 aromatic rings. The summed E-state index contributed by atoms with van der Waals surface area (Å²) >= 11 is 0. The van der Waals surface area contributed by atoms with E-state index in [1.807, 2.05) is 23.1 Å². The molecule has 0 radical (unpaired) electrons. The van der Waals surface area contributed by atoms with Crippen molar-refractivity contribution in [3.05, 3.63) is 30.1 Å². The average Bonchev–Trinajstić information content (AvgIpc) is 2.40. The van der Waals surface area contributed by atoms with E-state index < -0.39 is 0 Å². The fraction of sp³-hybridized carbons (Fsp3) is 0.600. The van der Waals surface area contributed by atoms with E-state index in [-0.39, 0.29) is 5.91 Å². The Morgan fingerprint density at radius 2 is 2.16 bits per heavy atom. The highest BCUT2D eigenvalue weighted by Gasteiger charge is 2.23. The van der Waals surface area contributed by atoms with E-state index in [1.165, 1.54) is 0 Å². The first-order chi connectivity index (χ1) is 9.15. The third kappa shape index (κ3) is 4.31. The highest BCUT2D eigenvalue weighted by Crippen LogP contribution is 2.12. The van der Waals surface area contributed by atoms with Gasteiger partial charge < -0.3 is 10.2 Å². The maximum Gasteiger partial charge on any atom is 0.228 e. The van der Waals surface area contributed by atoms with Crippen LogP contribution in [0, 0.1) is 0 Å². The molecule has 1 N–H and O–H groups in total. The number of carbonyl (C=O) groups excluding carboxylic acids is 1. The summed E-state index contributed by atoms with van der Waals surface area (Å²) < 4.78 is 0. The number of rotatable bonds is 4. The molecule has 1 saturated heterocycles. The predicted molar refractivity (Wildman–Crippen MR) is 75.8 cm³/mol. The van der Waals surface area contributed by atoms with Crippen LogP contribution in [0.5, 0.6) is 0 Å². The third-order valence-electron chi connectivity index (χ3n) is 3.48. The minimum Gasteiger partial charge on any atom is -0.342 e. The van der Waals surface area contributed by atoms with E-state index in [9.17, 15) is 4.79 Å². The molecule has 2 heterocycles.